The maximum absolute atomic E-state index is 12.1. The highest BCUT2D eigenvalue weighted by Gasteiger charge is 2.12. The molecule has 1 aromatic carbocycles. The van der Waals surface area contributed by atoms with Crippen LogP contribution in [0, 0.1) is 5.92 Å². The lowest BCUT2D eigenvalue weighted by atomic mass is 10.2. The summed E-state index contributed by atoms with van der Waals surface area (Å²) >= 11 is 0. The molecule has 0 radical (unpaired) electrons. The molecular weight excluding hydrogens is 282 g/mol. The van der Waals surface area contributed by atoms with Crippen molar-refractivity contribution in [1.29, 1.82) is 0 Å². The molecule has 6 nitrogen and oxygen atoms in total. The van der Waals surface area contributed by atoms with Crippen LogP contribution in [0.2, 0.25) is 0 Å². The van der Waals surface area contributed by atoms with Crippen LogP contribution >= 0.6 is 0 Å². The third-order valence-corrected chi connectivity index (χ3v) is 3.14. The molecule has 118 valence electrons. The highest BCUT2D eigenvalue weighted by atomic mass is 16.5. The monoisotopic (exact) mass is 303 g/mol. The number of aromatic hydroxyl groups is 1. The van der Waals surface area contributed by atoms with E-state index in [1.807, 2.05) is 6.07 Å². The van der Waals surface area contributed by atoms with E-state index in [1.54, 1.807) is 18.2 Å². The van der Waals surface area contributed by atoms with E-state index < -0.39 is 5.56 Å². The number of methoxy groups -OCH3 is 1. The quantitative estimate of drug-likeness (QED) is 0.849. The Balaban J connectivity index is 2.38. The van der Waals surface area contributed by atoms with Crippen molar-refractivity contribution in [3.8, 4) is 17.2 Å². The third kappa shape index (κ3) is 3.65. The number of hydrogen-bond acceptors (Lipinski definition) is 5. The largest absolute Gasteiger partial charge is 0.506 e. The lowest BCUT2D eigenvalue weighted by molar-refractivity contribution is 0.409. The second-order valence-corrected chi connectivity index (χ2v) is 5.42. The summed E-state index contributed by atoms with van der Waals surface area (Å²) in [5.74, 6) is 0.929. The van der Waals surface area contributed by atoms with Crippen LogP contribution in [0.3, 0.4) is 0 Å². The maximum atomic E-state index is 12.1. The van der Waals surface area contributed by atoms with Gasteiger partial charge in [-0.15, -0.1) is 0 Å². The Bertz CT molecular complexity index is 695. The molecule has 0 fully saturated rings. The molecule has 1 aromatic heterocycles. The Morgan fingerprint density at radius 1 is 1.36 bits per heavy atom. The average Bonchev–Trinajstić information content (AvgIpc) is 2.49. The predicted octanol–water partition coefficient (Wildman–Crippen LogP) is 1.69. The standard InChI is InChI=1S/C16H21N3O3/c1-11(2)9-17-10-12-14(20)8-16(21)19(18-12)13-6-4-5-7-15(13)22-3/h4-8,11,17,20H,9-10H2,1-3H3. The smallest absolute Gasteiger partial charge is 0.275 e. The van der Waals surface area contributed by atoms with E-state index in [2.05, 4.69) is 24.3 Å². The van der Waals surface area contributed by atoms with Gasteiger partial charge < -0.3 is 15.2 Å². The van der Waals surface area contributed by atoms with Crippen LogP contribution < -0.4 is 15.6 Å². The molecule has 1 heterocycles. The first-order valence-corrected chi connectivity index (χ1v) is 7.19. The molecule has 22 heavy (non-hydrogen) atoms. The number of rotatable bonds is 6. The maximum Gasteiger partial charge on any atom is 0.275 e. The van der Waals surface area contributed by atoms with Gasteiger partial charge in [0.25, 0.3) is 5.56 Å². The Labute approximate surface area is 129 Å². The number of hydrogen-bond donors (Lipinski definition) is 2. The molecule has 0 spiro atoms. The first kappa shape index (κ1) is 16.0. The summed E-state index contributed by atoms with van der Waals surface area (Å²) in [6.45, 7) is 5.38. The molecule has 0 atom stereocenters. The minimum atomic E-state index is -0.408. The minimum Gasteiger partial charge on any atom is -0.506 e. The summed E-state index contributed by atoms with van der Waals surface area (Å²) in [5.41, 5.74) is 0.556. The van der Waals surface area contributed by atoms with Crippen molar-refractivity contribution < 1.29 is 9.84 Å². The van der Waals surface area contributed by atoms with Gasteiger partial charge in [0.05, 0.1) is 7.11 Å². The number of nitrogens with zero attached hydrogens (tertiary/aromatic N) is 2. The number of benzene rings is 1. The number of nitrogens with one attached hydrogen (secondary N) is 1. The van der Waals surface area contributed by atoms with Crippen molar-refractivity contribution in [2.24, 2.45) is 5.92 Å². The zero-order chi connectivity index (χ0) is 16.1. The Morgan fingerprint density at radius 2 is 2.09 bits per heavy atom. The van der Waals surface area contributed by atoms with Crippen LogP contribution in [0.1, 0.15) is 19.5 Å². The van der Waals surface area contributed by atoms with Gasteiger partial charge in [-0.25, -0.2) is 0 Å². The van der Waals surface area contributed by atoms with Gasteiger partial charge in [0, 0.05) is 12.6 Å². The van der Waals surface area contributed by atoms with Crippen molar-refractivity contribution in [2.45, 2.75) is 20.4 Å². The molecule has 6 heteroatoms. The summed E-state index contributed by atoms with van der Waals surface area (Å²) < 4.78 is 6.50. The van der Waals surface area contributed by atoms with E-state index in [0.717, 1.165) is 6.54 Å². The second kappa shape index (κ2) is 7.09. The summed E-state index contributed by atoms with van der Waals surface area (Å²) in [6.07, 6.45) is 0. The lowest BCUT2D eigenvalue weighted by Crippen LogP contribution is -2.25. The van der Waals surface area contributed by atoms with Gasteiger partial charge in [0.1, 0.15) is 22.9 Å². The van der Waals surface area contributed by atoms with Gasteiger partial charge in [-0.2, -0.15) is 9.78 Å². The summed E-state index contributed by atoms with van der Waals surface area (Å²) in [7, 11) is 1.54. The second-order valence-electron chi connectivity index (χ2n) is 5.42. The van der Waals surface area contributed by atoms with E-state index in [4.69, 9.17) is 4.74 Å². The van der Waals surface area contributed by atoms with Crippen molar-refractivity contribution in [3.63, 3.8) is 0 Å². The zero-order valence-electron chi connectivity index (χ0n) is 13.0. The molecular formula is C16H21N3O3. The molecule has 0 saturated heterocycles. The molecule has 0 unspecified atom stereocenters. The molecule has 0 aliphatic rings. The van der Waals surface area contributed by atoms with Crippen LogP contribution in [-0.4, -0.2) is 28.5 Å². The van der Waals surface area contributed by atoms with Gasteiger partial charge >= 0.3 is 0 Å². The molecule has 2 aromatic rings. The van der Waals surface area contributed by atoms with Gasteiger partial charge in [0.15, 0.2) is 0 Å². The van der Waals surface area contributed by atoms with Gasteiger partial charge in [0.2, 0.25) is 0 Å². The van der Waals surface area contributed by atoms with E-state index >= 15 is 0 Å². The Hall–Kier alpha value is -2.34. The normalized spacial score (nSPS) is 10.9. The Kier molecular flexibility index (Phi) is 5.16. The predicted molar refractivity (Wildman–Crippen MR) is 84.6 cm³/mol. The molecule has 0 aliphatic heterocycles. The Morgan fingerprint density at radius 3 is 2.77 bits per heavy atom. The number of ether oxygens (including phenoxy) is 1. The van der Waals surface area contributed by atoms with E-state index in [1.165, 1.54) is 17.9 Å². The average molecular weight is 303 g/mol. The van der Waals surface area contributed by atoms with Gasteiger partial charge in [-0.3, -0.25) is 4.79 Å². The van der Waals surface area contributed by atoms with E-state index in [-0.39, 0.29) is 5.75 Å². The summed E-state index contributed by atoms with van der Waals surface area (Å²) in [4.78, 5) is 12.1. The van der Waals surface area contributed by atoms with Crippen molar-refractivity contribution >= 4 is 0 Å². The molecule has 0 bridgehead atoms. The molecule has 2 N–H and O–H groups in total. The van der Waals surface area contributed by atoms with Crippen LogP contribution in [0.15, 0.2) is 35.1 Å². The fourth-order valence-electron chi connectivity index (χ4n) is 2.07. The van der Waals surface area contributed by atoms with Crippen LogP contribution in [0.5, 0.6) is 11.5 Å². The SMILES string of the molecule is COc1ccccc1-n1nc(CNCC(C)C)c(O)cc1=O. The minimum absolute atomic E-state index is 0.104. The van der Waals surface area contributed by atoms with Crippen molar-refractivity contribution in [1.82, 2.24) is 15.1 Å². The molecule has 0 aliphatic carbocycles. The van der Waals surface area contributed by atoms with Crippen LogP contribution in [0.4, 0.5) is 0 Å². The first-order valence-electron chi connectivity index (χ1n) is 7.19. The highest BCUT2D eigenvalue weighted by molar-refractivity contribution is 5.46. The van der Waals surface area contributed by atoms with Crippen molar-refractivity contribution in [3.05, 3.63) is 46.4 Å². The van der Waals surface area contributed by atoms with Gasteiger partial charge in [-0.1, -0.05) is 26.0 Å². The number of para-hydroxylation sites is 2. The molecule has 2 rings (SSSR count). The molecule has 0 saturated carbocycles. The fraction of sp³-hybridized carbons (Fsp3) is 0.375. The van der Waals surface area contributed by atoms with E-state index in [0.29, 0.717) is 29.6 Å². The topological polar surface area (TPSA) is 76.4 Å². The zero-order valence-corrected chi connectivity index (χ0v) is 13.0. The van der Waals surface area contributed by atoms with Gasteiger partial charge in [-0.05, 0) is 24.6 Å². The summed E-state index contributed by atoms with van der Waals surface area (Å²) in [6, 6.07) is 8.29. The first-order chi connectivity index (χ1) is 10.5. The molecule has 0 amide bonds. The fourth-order valence-corrected chi connectivity index (χ4v) is 2.07. The van der Waals surface area contributed by atoms with Crippen LogP contribution in [0.25, 0.3) is 5.69 Å². The van der Waals surface area contributed by atoms with Crippen molar-refractivity contribution in [2.75, 3.05) is 13.7 Å². The lowest BCUT2D eigenvalue weighted by Gasteiger charge is -2.12. The van der Waals surface area contributed by atoms with E-state index in [9.17, 15) is 9.90 Å². The van der Waals surface area contributed by atoms with Crippen LogP contribution in [-0.2, 0) is 6.54 Å². The summed E-state index contributed by atoms with van der Waals surface area (Å²) in [5, 5.41) is 17.4. The highest BCUT2D eigenvalue weighted by Crippen LogP contribution is 2.21. The number of aromatic nitrogens is 2. The third-order valence-electron chi connectivity index (χ3n) is 3.14.